The van der Waals surface area contributed by atoms with Crippen molar-refractivity contribution in [3.8, 4) is 17.2 Å². The molecule has 0 spiro atoms. The SMILES string of the molecule is COc1cc(Cl)ccc1CNCc1cc(Cl)c(OCC(N)=O)c(OC)c1. The largest absolute Gasteiger partial charge is 0.496 e. The predicted molar refractivity (Wildman–Crippen MR) is 101 cm³/mol. The Kier molecular flexibility index (Phi) is 7.38. The van der Waals surface area contributed by atoms with Crippen molar-refractivity contribution < 1.29 is 19.0 Å². The van der Waals surface area contributed by atoms with Crippen molar-refractivity contribution in [1.82, 2.24) is 5.32 Å². The van der Waals surface area contributed by atoms with Gasteiger partial charge in [0.05, 0.1) is 19.2 Å². The van der Waals surface area contributed by atoms with Crippen LogP contribution in [0.3, 0.4) is 0 Å². The van der Waals surface area contributed by atoms with Gasteiger partial charge >= 0.3 is 0 Å². The Hall–Kier alpha value is -2.15. The Morgan fingerprint density at radius 3 is 2.46 bits per heavy atom. The Morgan fingerprint density at radius 2 is 1.81 bits per heavy atom. The van der Waals surface area contributed by atoms with Crippen LogP contribution in [0.5, 0.6) is 17.2 Å². The molecule has 140 valence electrons. The Bertz CT molecular complexity index is 784. The standard InChI is InChI=1S/C18H20Cl2N2O4/c1-24-15-7-13(19)4-3-12(15)9-22-8-11-5-14(20)18(16(6-11)25-2)26-10-17(21)23/h3-7,22H,8-10H2,1-2H3,(H2,21,23). The van der Waals surface area contributed by atoms with E-state index in [1.165, 1.54) is 7.11 Å². The molecule has 0 radical (unpaired) electrons. The van der Waals surface area contributed by atoms with Gasteiger partial charge in [-0.3, -0.25) is 4.79 Å². The summed E-state index contributed by atoms with van der Waals surface area (Å²) in [4.78, 5) is 10.9. The topological polar surface area (TPSA) is 82.8 Å². The van der Waals surface area contributed by atoms with Crippen LogP contribution in [0.2, 0.25) is 10.0 Å². The molecule has 2 rings (SSSR count). The van der Waals surface area contributed by atoms with Crippen LogP contribution < -0.4 is 25.3 Å². The second-order valence-electron chi connectivity index (χ2n) is 5.42. The zero-order valence-electron chi connectivity index (χ0n) is 14.5. The normalized spacial score (nSPS) is 10.5. The molecule has 0 saturated heterocycles. The van der Waals surface area contributed by atoms with E-state index in [1.807, 2.05) is 12.1 Å². The van der Waals surface area contributed by atoms with Gasteiger partial charge in [0.1, 0.15) is 5.75 Å². The molecule has 0 unspecified atom stereocenters. The maximum atomic E-state index is 10.9. The van der Waals surface area contributed by atoms with Gasteiger partial charge < -0.3 is 25.3 Å². The molecule has 0 aromatic heterocycles. The van der Waals surface area contributed by atoms with Crippen molar-refractivity contribution in [3.63, 3.8) is 0 Å². The first-order chi connectivity index (χ1) is 12.4. The molecule has 8 heteroatoms. The number of carbonyl (C=O) groups is 1. The summed E-state index contributed by atoms with van der Waals surface area (Å²) in [6.07, 6.45) is 0. The van der Waals surface area contributed by atoms with Crippen LogP contribution in [0.4, 0.5) is 0 Å². The van der Waals surface area contributed by atoms with Crippen molar-refractivity contribution in [3.05, 3.63) is 51.5 Å². The third kappa shape index (κ3) is 5.42. The monoisotopic (exact) mass is 398 g/mol. The average molecular weight is 399 g/mol. The lowest BCUT2D eigenvalue weighted by Gasteiger charge is -2.14. The van der Waals surface area contributed by atoms with Crippen molar-refractivity contribution in [1.29, 1.82) is 0 Å². The highest BCUT2D eigenvalue weighted by Crippen LogP contribution is 2.36. The van der Waals surface area contributed by atoms with E-state index in [4.69, 9.17) is 43.1 Å². The number of nitrogens with two attached hydrogens (primary N) is 1. The molecule has 1 amide bonds. The third-order valence-corrected chi connectivity index (χ3v) is 4.06. The molecule has 0 aliphatic heterocycles. The van der Waals surface area contributed by atoms with Gasteiger partial charge in [-0.1, -0.05) is 29.3 Å². The molecule has 0 aliphatic rings. The second-order valence-corrected chi connectivity index (χ2v) is 6.27. The first-order valence-electron chi connectivity index (χ1n) is 7.75. The quantitative estimate of drug-likeness (QED) is 0.677. The second kappa shape index (κ2) is 9.52. The summed E-state index contributed by atoms with van der Waals surface area (Å²) in [5, 5.41) is 4.27. The third-order valence-electron chi connectivity index (χ3n) is 3.54. The van der Waals surface area contributed by atoms with Crippen molar-refractivity contribution >= 4 is 29.1 Å². The van der Waals surface area contributed by atoms with E-state index < -0.39 is 5.91 Å². The number of rotatable bonds is 9. The minimum Gasteiger partial charge on any atom is -0.496 e. The molecule has 0 heterocycles. The predicted octanol–water partition coefficient (Wildman–Crippen LogP) is 3.16. The van der Waals surface area contributed by atoms with E-state index in [0.717, 1.165) is 16.9 Å². The minimum atomic E-state index is -0.592. The average Bonchev–Trinajstić information content (AvgIpc) is 2.61. The van der Waals surface area contributed by atoms with Crippen LogP contribution in [0.25, 0.3) is 0 Å². The maximum absolute atomic E-state index is 10.9. The lowest BCUT2D eigenvalue weighted by Crippen LogP contribution is -2.20. The van der Waals surface area contributed by atoms with Crippen LogP contribution in [0, 0.1) is 0 Å². The van der Waals surface area contributed by atoms with Gasteiger partial charge in [0.2, 0.25) is 0 Å². The van der Waals surface area contributed by atoms with Crippen LogP contribution in [0.15, 0.2) is 30.3 Å². The minimum absolute atomic E-state index is 0.274. The van der Waals surface area contributed by atoms with Crippen LogP contribution in [-0.4, -0.2) is 26.7 Å². The van der Waals surface area contributed by atoms with E-state index >= 15 is 0 Å². The van der Waals surface area contributed by atoms with E-state index in [0.29, 0.717) is 28.9 Å². The summed E-state index contributed by atoms with van der Waals surface area (Å²) in [7, 11) is 3.10. The fourth-order valence-corrected chi connectivity index (χ4v) is 2.81. The molecule has 0 saturated carbocycles. The maximum Gasteiger partial charge on any atom is 0.255 e. The van der Waals surface area contributed by atoms with E-state index in [2.05, 4.69) is 5.32 Å². The number of nitrogens with one attached hydrogen (secondary N) is 1. The number of benzene rings is 2. The van der Waals surface area contributed by atoms with Gasteiger partial charge in [0.25, 0.3) is 5.91 Å². The fraction of sp³-hybridized carbons (Fsp3) is 0.278. The van der Waals surface area contributed by atoms with Gasteiger partial charge in [-0.25, -0.2) is 0 Å². The number of methoxy groups -OCH3 is 2. The Morgan fingerprint density at radius 1 is 1.08 bits per heavy atom. The summed E-state index contributed by atoms with van der Waals surface area (Å²) in [6.45, 7) is 0.849. The number of primary amides is 1. The smallest absolute Gasteiger partial charge is 0.255 e. The Balaban J connectivity index is 2.06. The number of amides is 1. The molecule has 2 aromatic carbocycles. The zero-order valence-corrected chi connectivity index (χ0v) is 16.0. The first kappa shape index (κ1) is 20.2. The van der Waals surface area contributed by atoms with Gasteiger partial charge in [0.15, 0.2) is 18.1 Å². The summed E-state index contributed by atoms with van der Waals surface area (Å²) < 4.78 is 15.9. The molecule has 2 aromatic rings. The summed E-state index contributed by atoms with van der Waals surface area (Å²) in [6, 6.07) is 9.01. The summed E-state index contributed by atoms with van der Waals surface area (Å²) >= 11 is 12.2. The molecule has 26 heavy (non-hydrogen) atoms. The highest BCUT2D eigenvalue weighted by Gasteiger charge is 2.13. The lowest BCUT2D eigenvalue weighted by molar-refractivity contribution is -0.119. The van der Waals surface area contributed by atoms with Gasteiger partial charge in [0, 0.05) is 23.7 Å². The molecule has 0 fully saturated rings. The zero-order chi connectivity index (χ0) is 19.1. The van der Waals surface area contributed by atoms with E-state index in [1.54, 1.807) is 25.3 Å². The van der Waals surface area contributed by atoms with Gasteiger partial charge in [-0.15, -0.1) is 0 Å². The van der Waals surface area contributed by atoms with E-state index in [-0.39, 0.29) is 12.4 Å². The van der Waals surface area contributed by atoms with E-state index in [9.17, 15) is 4.79 Å². The number of carbonyl (C=O) groups excluding carboxylic acids is 1. The first-order valence-corrected chi connectivity index (χ1v) is 8.50. The van der Waals surface area contributed by atoms with Crippen LogP contribution in [-0.2, 0) is 17.9 Å². The molecular formula is C18H20Cl2N2O4. The number of hydrogen-bond acceptors (Lipinski definition) is 5. The lowest BCUT2D eigenvalue weighted by atomic mass is 10.1. The Labute approximate surface area is 162 Å². The molecule has 0 bridgehead atoms. The summed E-state index contributed by atoms with van der Waals surface area (Å²) in [5.74, 6) is 0.845. The molecular weight excluding hydrogens is 379 g/mol. The van der Waals surface area contributed by atoms with Crippen LogP contribution in [0.1, 0.15) is 11.1 Å². The van der Waals surface area contributed by atoms with Crippen molar-refractivity contribution in [2.45, 2.75) is 13.1 Å². The van der Waals surface area contributed by atoms with Crippen molar-refractivity contribution in [2.24, 2.45) is 5.73 Å². The number of ether oxygens (including phenoxy) is 3. The number of halogens is 2. The van der Waals surface area contributed by atoms with Gasteiger partial charge in [-0.2, -0.15) is 0 Å². The molecule has 3 N–H and O–H groups in total. The van der Waals surface area contributed by atoms with Crippen LogP contribution >= 0.6 is 23.2 Å². The highest BCUT2D eigenvalue weighted by molar-refractivity contribution is 6.32. The number of hydrogen-bond donors (Lipinski definition) is 2. The highest BCUT2D eigenvalue weighted by atomic mass is 35.5. The molecule has 6 nitrogen and oxygen atoms in total. The van der Waals surface area contributed by atoms with Gasteiger partial charge in [-0.05, 0) is 29.8 Å². The molecule has 0 aliphatic carbocycles. The van der Waals surface area contributed by atoms with Crippen molar-refractivity contribution in [2.75, 3.05) is 20.8 Å². The summed E-state index contributed by atoms with van der Waals surface area (Å²) in [5.41, 5.74) is 6.97. The fourth-order valence-electron chi connectivity index (χ4n) is 2.36. The molecule has 0 atom stereocenters.